The van der Waals surface area contributed by atoms with Crippen molar-refractivity contribution >= 4 is 25.8 Å². The number of hydrogen-bond acceptors (Lipinski definition) is 7. The van der Waals surface area contributed by atoms with Gasteiger partial charge in [0, 0.05) is 32.2 Å². The minimum absolute atomic E-state index is 0.0990. The zero-order valence-corrected chi connectivity index (χ0v) is 21.7. The van der Waals surface area contributed by atoms with Crippen LogP contribution < -0.4 is 10.1 Å². The van der Waals surface area contributed by atoms with Crippen LogP contribution in [0.25, 0.3) is 0 Å². The molecule has 2 N–H and O–H groups in total. The number of aliphatic hydroxyl groups excluding tert-OH is 1. The molecule has 1 heterocycles. The molecule has 2 aromatic carbocycles. The van der Waals surface area contributed by atoms with Crippen LogP contribution in [0.5, 0.6) is 5.75 Å². The maximum atomic E-state index is 13.2. The van der Waals surface area contributed by atoms with Gasteiger partial charge in [0.05, 0.1) is 29.4 Å². The number of fused-ring (bicyclic) bond motifs is 1. The van der Waals surface area contributed by atoms with Crippen molar-refractivity contribution in [1.82, 2.24) is 9.62 Å². The molecule has 9 nitrogen and oxygen atoms in total. The van der Waals surface area contributed by atoms with Gasteiger partial charge in [-0.15, -0.1) is 0 Å². The van der Waals surface area contributed by atoms with E-state index in [0.717, 1.165) is 21.7 Å². The highest BCUT2D eigenvalue weighted by Crippen LogP contribution is 2.28. The van der Waals surface area contributed by atoms with Crippen LogP contribution in [-0.4, -0.2) is 76.5 Å². The standard InChI is InChI=1S/C24H32N2O7S2/c1-17(16-34(3,29)30)24(28)25-21(13-18-7-5-4-6-8-18)22(27)15-26(2)35(31,32)20-9-10-23-19(14-20)11-12-33-23/h4-10,14,17,21-22,27H,11-13,15-16H2,1-3H3,(H,25,28). The molecular weight excluding hydrogens is 492 g/mol. The maximum Gasteiger partial charge on any atom is 0.242 e. The van der Waals surface area contributed by atoms with Gasteiger partial charge in [-0.05, 0) is 35.7 Å². The number of nitrogens with zero attached hydrogens (tertiary/aromatic N) is 1. The number of carbonyl (C=O) groups excluding carboxylic acids is 1. The molecule has 0 fully saturated rings. The van der Waals surface area contributed by atoms with Gasteiger partial charge in [0.25, 0.3) is 0 Å². The third-order valence-electron chi connectivity index (χ3n) is 5.90. The second-order valence-electron chi connectivity index (χ2n) is 9.02. The van der Waals surface area contributed by atoms with E-state index in [1.165, 1.54) is 20.0 Å². The number of carbonyl (C=O) groups is 1. The van der Waals surface area contributed by atoms with Crippen molar-refractivity contribution in [2.75, 3.05) is 32.2 Å². The van der Waals surface area contributed by atoms with Crippen LogP contribution in [0.1, 0.15) is 18.1 Å². The number of nitrogens with one attached hydrogen (secondary N) is 1. The summed E-state index contributed by atoms with van der Waals surface area (Å²) in [5.74, 6) is -1.02. The summed E-state index contributed by atoms with van der Waals surface area (Å²) in [7, 11) is -5.91. The van der Waals surface area contributed by atoms with Crippen LogP contribution in [0, 0.1) is 5.92 Å². The van der Waals surface area contributed by atoms with Crippen molar-refractivity contribution in [2.24, 2.45) is 5.92 Å². The molecule has 3 atom stereocenters. The number of rotatable bonds is 11. The summed E-state index contributed by atoms with van der Waals surface area (Å²) in [6.07, 6.45) is 0.672. The first-order valence-electron chi connectivity index (χ1n) is 11.3. The molecule has 0 aromatic heterocycles. The van der Waals surface area contributed by atoms with Gasteiger partial charge in [-0.25, -0.2) is 16.8 Å². The second-order valence-corrected chi connectivity index (χ2v) is 13.2. The van der Waals surface area contributed by atoms with E-state index >= 15 is 0 Å². The minimum atomic E-state index is -3.91. The normalized spacial score (nSPS) is 16.3. The molecule has 3 unspecified atom stereocenters. The Morgan fingerprint density at radius 3 is 2.49 bits per heavy atom. The number of ether oxygens (including phenoxy) is 1. The lowest BCUT2D eigenvalue weighted by Gasteiger charge is -2.29. The Kier molecular flexibility index (Phi) is 8.58. The molecule has 192 valence electrons. The third kappa shape index (κ3) is 7.26. The molecule has 2 aromatic rings. The van der Waals surface area contributed by atoms with E-state index in [2.05, 4.69) is 5.32 Å². The lowest BCUT2D eigenvalue weighted by Crippen LogP contribution is -2.51. The van der Waals surface area contributed by atoms with E-state index < -0.39 is 43.8 Å². The lowest BCUT2D eigenvalue weighted by atomic mass is 10.00. The average Bonchev–Trinajstić information content (AvgIpc) is 3.26. The fourth-order valence-electron chi connectivity index (χ4n) is 4.00. The van der Waals surface area contributed by atoms with Crippen molar-refractivity contribution in [3.8, 4) is 5.75 Å². The summed E-state index contributed by atoms with van der Waals surface area (Å²) in [5, 5.41) is 13.7. The Labute approximate surface area is 207 Å². The largest absolute Gasteiger partial charge is 0.493 e. The Bertz CT molecular complexity index is 1250. The molecule has 1 aliphatic rings. The Morgan fingerprint density at radius 1 is 1.14 bits per heavy atom. The number of aliphatic hydroxyl groups is 1. The number of likely N-dealkylation sites (N-methyl/N-ethyl adjacent to an activating group) is 1. The highest BCUT2D eigenvalue weighted by molar-refractivity contribution is 7.90. The second kappa shape index (κ2) is 11.1. The van der Waals surface area contributed by atoms with Crippen molar-refractivity contribution in [2.45, 2.75) is 36.8 Å². The van der Waals surface area contributed by atoms with Gasteiger partial charge in [-0.3, -0.25) is 4.79 Å². The maximum absolute atomic E-state index is 13.2. The van der Waals surface area contributed by atoms with Gasteiger partial charge in [0.2, 0.25) is 15.9 Å². The van der Waals surface area contributed by atoms with Crippen molar-refractivity contribution in [3.63, 3.8) is 0 Å². The quantitative estimate of drug-likeness (QED) is 0.449. The Balaban J connectivity index is 1.76. The minimum Gasteiger partial charge on any atom is -0.493 e. The van der Waals surface area contributed by atoms with Gasteiger partial charge in [0.1, 0.15) is 15.6 Å². The summed E-state index contributed by atoms with van der Waals surface area (Å²) in [6, 6.07) is 13.0. The summed E-state index contributed by atoms with van der Waals surface area (Å²) in [5.41, 5.74) is 1.64. The zero-order valence-electron chi connectivity index (χ0n) is 20.0. The first kappa shape index (κ1) is 27.1. The van der Waals surface area contributed by atoms with Crippen LogP contribution in [0.4, 0.5) is 0 Å². The molecule has 0 radical (unpaired) electrons. The van der Waals surface area contributed by atoms with E-state index in [0.29, 0.717) is 18.8 Å². The fourth-order valence-corrected chi connectivity index (χ4v) is 6.30. The number of amides is 1. The molecule has 35 heavy (non-hydrogen) atoms. The van der Waals surface area contributed by atoms with Crippen molar-refractivity contribution in [3.05, 3.63) is 59.7 Å². The molecule has 0 saturated carbocycles. The summed E-state index contributed by atoms with van der Waals surface area (Å²) < 4.78 is 56.0. The lowest BCUT2D eigenvalue weighted by molar-refractivity contribution is -0.125. The van der Waals surface area contributed by atoms with Crippen LogP contribution in [-0.2, 0) is 37.5 Å². The van der Waals surface area contributed by atoms with Crippen LogP contribution in [0.15, 0.2) is 53.4 Å². The van der Waals surface area contributed by atoms with Crippen LogP contribution in [0.2, 0.25) is 0 Å². The van der Waals surface area contributed by atoms with E-state index in [1.54, 1.807) is 12.1 Å². The molecule has 0 aliphatic carbocycles. The third-order valence-corrected chi connectivity index (χ3v) is 8.83. The topological polar surface area (TPSA) is 130 Å². The molecule has 3 rings (SSSR count). The Hall–Kier alpha value is -2.47. The van der Waals surface area contributed by atoms with Crippen LogP contribution >= 0.6 is 0 Å². The van der Waals surface area contributed by atoms with E-state index in [-0.39, 0.29) is 23.6 Å². The first-order chi connectivity index (χ1) is 16.4. The number of hydrogen-bond donors (Lipinski definition) is 2. The first-order valence-corrected chi connectivity index (χ1v) is 14.8. The average molecular weight is 525 g/mol. The smallest absolute Gasteiger partial charge is 0.242 e. The molecule has 0 saturated heterocycles. The fraction of sp³-hybridized carbons (Fsp3) is 0.458. The molecule has 1 amide bonds. The van der Waals surface area contributed by atoms with Gasteiger partial charge in [0.15, 0.2) is 0 Å². The highest BCUT2D eigenvalue weighted by Gasteiger charge is 2.30. The predicted octanol–water partition coefficient (Wildman–Crippen LogP) is 1.01. The predicted molar refractivity (Wildman–Crippen MR) is 132 cm³/mol. The van der Waals surface area contributed by atoms with Crippen molar-refractivity contribution in [1.29, 1.82) is 0 Å². The molecular formula is C24H32N2O7S2. The van der Waals surface area contributed by atoms with Crippen LogP contribution in [0.3, 0.4) is 0 Å². The highest BCUT2D eigenvalue weighted by atomic mass is 32.2. The van der Waals surface area contributed by atoms with E-state index in [9.17, 15) is 26.7 Å². The molecule has 1 aliphatic heterocycles. The summed E-state index contributed by atoms with van der Waals surface area (Å²) >= 11 is 0. The zero-order chi connectivity index (χ0) is 25.8. The van der Waals surface area contributed by atoms with E-state index in [1.807, 2.05) is 30.3 Å². The number of sulfonamides is 1. The summed E-state index contributed by atoms with van der Waals surface area (Å²) in [6.45, 7) is 1.73. The van der Waals surface area contributed by atoms with Gasteiger partial charge in [-0.2, -0.15) is 4.31 Å². The van der Waals surface area contributed by atoms with Gasteiger partial charge < -0.3 is 15.2 Å². The number of sulfone groups is 1. The SMILES string of the molecule is CC(CS(C)(=O)=O)C(=O)NC(Cc1ccccc1)C(O)CN(C)S(=O)(=O)c1ccc2c(c1)CCO2. The van der Waals surface area contributed by atoms with Gasteiger partial charge >= 0.3 is 0 Å². The molecule has 11 heteroatoms. The summed E-state index contributed by atoms with van der Waals surface area (Å²) in [4.78, 5) is 12.8. The van der Waals surface area contributed by atoms with E-state index in [4.69, 9.17) is 4.74 Å². The Morgan fingerprint density at radius 2 is 1.83 bits per heavy atom. The number of benzene rings is 2. The van der Waals surface area contributed by atoms with Gasteiger partial charge in [-0.1, -0.05) is 37.3 Å². The molecule has 0 spiro atoms. The molecule has 0 bridgehead atoms. The monoisotopic (exact) mass is 524 g/mol. The van der Waals surface area contributed by atoms with Crippen molar-refractivity contribution < 1.29 is 31.5 Å².